The van der Waals surface area contributed by atoms with Crippen LogP contribution in [0.3, 0.4) is 0 Å². The van der Waals surface area contributed by atoms with E-state index in [2.05, 4.69) is 0 Å². The fraction of sp³-hybridized carbons (Fsp3) is 0.857. The van der Waals surface area contributed by atoms with Gasteiger partial charge in [-0.15, -0.1) is 0 Å². The van der Waals surface area contributed by atoms with Crippen LogP contribution in [0, 0.1) is 5.92 Å². The summed E-state index contributed by atoms with van der Waals surface area (Å²) in [6.07, 6.45) is 5.89. The van der Waals surface area contributed by atoms with Crippen molar-refractivity contribution in [1.29, 1.82) is 0 Å². The highest BCUT2D eigenvalue weighted by Crippen LogP contribution is 2.25. The van der Waals surface area contributed by atoms with Gasteiger partial charge < -0.3 is 9.64 Å². The lowest BCUT2D eigenvalue weighted by Gasteiger charge is -2.28. The molecule has 0 aromatic carbocycles. The Labute approximate surface area is 110 Å². The van der Waals surface area contributed by atoms with Gasteiger partial charge in [-0.2, -0.15) is 0 Å². The molecule has 18 heavy (non-hydrogen) atoms. The molecule has 0 spiro atoms. The zero-order valence-electron chi connectivity index (χ0n) is 11.6. The van der Waals surface area contributed by atoms with E-state index in [1.54, 1.807) is 11.8 Å². The van der Waals surface area contributed by atoms with Crippen LogP contribution in [0.25, 0.3) is 0 Å². The molecule has 0 bridgehead atoms. The van der Waals surface area contributed by atoms with Crippen molar-refractivity contribution < 1.29 is 14.3 Å². The van der Waals surface area contributed by atoms with Crippen molar-refractivity contribution >= 4 is 11.9 Å². The maximum Gasteiger partial charge on any atom is 0.307 e. The van der Waals surface area contributed by atoms with Gasteiger partial charge in [-0.3, -0.25) is 9.59 Å². The summed E-state index contributed by atoms with van der Waals surface area (Å²) in [7, 11) is 0. The number of hydrogen-bond acceptors (Lipinski definition) is 3. The van der Waals surface area contributed by atoms with Gasteiger partial charge in [-0.05, 0) is 26.7 Å². The summed E-state index contributed by atoms with van der Waals surface area (Å²) in [5, 5.41) is 0. The second kappa shape index (κ2) is 8.11. The zero-order chi connectivity index (χ0) is 13.4. The first-order chi connectivity index (χ1) is 8.69. The maximum absolute atomic E-state index is 12.3. The van der Waals surface area contributed by atoms with E-state index in [1.165, 1.54) is 6.42 Å². The van der Waals surface area contributed by atoms with E-state index in [9.17, 15) is 9.59 Å². The molecule has 0 aliphatic heterocycles. The van der Waals surface area contributed by atoms with Gasteiger partial charge in [0.2, 0.25) is 5.91 Å². The Morgan fingerprint density at radius 2 is 1.83 bits per heavy atom. The van der Waals surface area contributed by atoms with Crippen LogP contribution in [0.2, 0.25) is 0 Å². The lowest BCUT2D eigenvalue weighted by Crippen LogP contribution is -2.38. The van der Waals surface area contributed by atoms with Gasteiger partial charge in [0.25, 0.3) is 0 Å². The van der Waals surface area contributed by atoms with Crippen molar-refractivity contribution in [3.63, 3.8) is 0 Å². The fourth-order valence-corrected chi connectivity index (χ4v) is 2.49. The smallest absolute Gasteiger partial charge is 0.307 e. The van der Waals surface area contributed by atoms with Crippen LogP contribution >= 0.6 is 0 Å². The van der Waals surface area contributed by atoms with Crippen LogP contribution < -0.4 is 0 Å². The van der Waals surface area contributed by atoms with Crippen LogP contribution in [0.5, 0.6) is 0 Å². The third kappa shape index (κ3) is 4.67. The van der Waals surface area contributed by atoms with E-state index < -0.39 is 0 Å². The number of amides is 1. The van der Waals surface area contributed by atoms with Crippen molar-refractivity contribution in [2.45, 2.75) is 52.4 Å². The molecule has 4 nitrogen and oxygen atoms in total. The van der Waals surface area contributed by atoms with E-state index in [4.69, 9.17) is 4.74 Å². The molecule has 1 aliphatic rings. The molecule has 104 valence electrons. The predicted octanol–water partition coefficient (Wildman–Crippen LogP) is 2.37. The van der Waals surface area contributed by atoms with Crippen LogP contribution in [-0.4, -0.2) is 36.5 Å². The molecule has 1 saturated carbocycles. The minimum atomic E-state index is -0.215. The molecule has 1 rings (SSSR count). The summed E-state index contributed by atoms with van der Waals surface area (Å²) >= 11 is 0. The quantitative estimate of drug-likeness (QED) is 0.685. The second-order valence-electron chi connectivity index (χ2n) is 4.81. The highest BCUT2D eigenvalue weighted by molar-refractivity contribution is 5.79. The van der Waals surface area contributed by atoms with Gasteiger partial charge >= 0.3 is 5.97 Å². The molecule has 1 fully saturated rings. The third-order valence-corrected chi connectivity index (χ3v) is 3.54. The number of rotatable bonds is 6. The predicted molar refractivity (Wildman–Crippen MR) is 70.1 cm³/mol. The van der Waals surface area contributed by atoms with E-state index in [1.807, 2.05) is 6.92 Å². The molecule has 1 amide bonds. The number of carbonyl (C=O) groups excluding carboxylic acids is 2. The van der Waals surface area contributed by atoms with Gasteiger partial charge in [0.1, 0.15) is 0 Å². The largest absolute Gasteiger partial charge is 0.466 e. The molecular formula is C14H25NO3. The average Bonchev–Trinajstić information content (AvgIpc) is 2.40. The summed E-state index contributed by atoms with van der Waals surface area (Å²) < 4.78 is 4.89. The van der Waals surface area contributed by atoms with Gasteiger partial charge in [0, 0.05) is 19.0 Å². The average molecular weight is 255 g/mol. The summed E-state index contributed by atoms with van der Waals surface area (Å²) in [4.78, 5) is 25.4. The van der Waals surface area contributed by atoms with Crippen LogP contribution in [0.1, 0.15) is 52.4 Å². The van der Waals surface area contributed by atoms with Gasteiger partial charge in [-0.1, -0.05) is 19.3 Å². The van der Waals surface area contributed by atoms with Gasteiger partial charge in [-0.25, -0.2) is 0 Å². The summed E-state index contributed by atoms with van der Waals surface area (Å²) in [5.41, 5.74) is 0. The lowest BCUT2D eigenvalue weighted by atomic mass is 9.88. The number of carbonyl (C=O) groups is 2. The second-order valence-corrected chi connectivity index (χ2v) is 4.81. The highest BCUT2D eigenvalue weighted by atomic mass is 16.5. The zero-order valence-corrected chi connectivity index (χ0v) is 11.6. The summed E-state index contributed by atoms with van der Waals surface area (Å²) in [5.74, 6) is 0.190. The van der Waals surface area contributed by atoms with Crippen LogP contribution in [0.4, 0.5) is 0 Å². The Morgan fingerprint density at radius 1 is 1.17 bits per heavy atom. The first-order valence-corrected chi connectivity index (χ1v) is 7.13. The van der Waals surface area contributed by atoms with Crippen molar-refractivity contribution in [3.05, 3.63) is 0 Å². The Morgan fingerprint density at radius 3 is 2.39 bits per heavy atom. The minimum Gasteiger partial charge on any atom is -0.466 e. The first-order valence-electron chi connectivity index (χ1n) is 7.13. The molecule has 1 aliphatic carbocycles. The Hall–Kier alpha value is -1.06. The highest BCUT2D eigenvalue weighted by Gasteiger charge is 2.25. The van der Waals surface area contributed by atoms with Crippen LogP contribution in [-0.2, 0) is 14.3 Å². The number of esters is 1. The van der Waals surface area contributed by atoms with Crippen molar-refractivity contribution in [2.24, 2.45) is 5.92 Å². The third-order valence-electron chi connectivity index (χ3n) is 3.54. The van der Waals surface area contributed by atoms with Crippen LogP contribution in [0.15, 0.2) is 0 Å². The maximum atomic E-state index is 12.3. The van der Waals surface area contributed by atoms with E-state index in [0.717, 1.165) is 25.7 Å². The van der Waals surface area contributed by atoms with Crippen molar-refractivity contribution in [3.8, 4) is 0 Å². The number of hydrogen-bond donors (Lipinski definition) is 0. The molecule has 0 radical (unpaired) electrons. The first kappa shape index (κ1) is 15.0. The topological polar surface area (TPSA) is 46.6 Å². The number of nitrogens with zero attached hydrogens (tertiary/aromatic N) is 1. The summed E-state index contributed by atoms with van der Waals surface area (Å²) in [6, 6.07) is 0. The molecule has 4 heteroatoms. The molecule has 0 unspecified atom stereocenters. The Kier molecular flexibility index (Phi) is 6.76. The molecule has 0 aromatic rings. The van der Waals surface area contributed by atoms with Crippen molar-refractivity contribution in [1.82, 2.24) is 4.90 Å². The molecule has 0 saturated heterocycles. The monoisotopic (exact) mass is 255 g/mol. The molecule has 0 N–H and O–H groups in total. The van der Waals surface area contributed by atoms with E-state index in [-0.39, 0.29) is 17.8 Å². The fourth-order valence-electron chi connectivity index (χ4n) is 2.49. The summed E-state index contributed by atoms with van der Waals surface area (Å²) in [6.45, 7) is 5.33. The van der Waals surface area contributed by atoms with Gasteiger partial charge in [0.05, 0.1) is 13.0 Å². The van der Waals surface area contributed by atoms with Crippen molar-refractivity contribution in [2.75, 3.05) is 19.7 Å². The Bertz CT molecular complexity index is 272. The normalized spacial score (nSPS) is 16.3. The SMILES string of the molecule is CCOC(=O)CCN(CC)C(=O)C1CCCCC1. The standard InChI is InChI=1S/C14H25NO3/c1-3-15(11-10-13(16)18-4-2)14(17)12-8-6-5-7-9-12/h12H,3-11H2,1-2H3. The molecular weight excluding hydrogens is 230 g/mol. The minimum absolute atomic E-state index is 0.181. The molecule has 0 atom stereocenters. The molecule has 0 heterocycles. The number of ether oxygens (including phenoxy) is 1. The molecule has 0 aromatic heterocycles. The Balaban J connectivity index is 2.39. The van der Waals surface area contributed by atoms with E-state index in [0.29, 0.717) is 26.1 Å². The lowest BCUT2D eigenvalue weighted by molar-refractivity contribution is -0.144. The van der Waals surface area contributed by atoms with E-state index >= 15 is 0 Å². The van der Waals surface area contributed by atoms with Gasteiger partial charge in [0.15, 0.2) is 0 Å².